The topological polar surface area (TPSA) is 60.1 Å². The van der Waals surface area contributed by atoms with Crippen molar-refractivity contribution < 1.29 is 18.0 Å². The smallest absolute Gasteiger partial charge is 0.338 e. The van der Waals surface area contributed by atoms with Crippen molar-refractivity contribution in [2.75, 3.05) is 13.1 Å². The van der Waals surface area contributed by atoms with Gasteiger partial charge in [-0.1, -0.05) is 0 Å². The van der Waals surface area contributed by atoms with Crippen molar-refractivity contribution in [3.05, 3.63) is 49.7 Å². The molecule has 1 aliphatic heterocycles. The third kappa shape index (κ3) is 3.64. The van der Waals surface area contributed by atoms with Crippen LogP contribution in [0.1, 0.15) is 35.1 Å². The summed E-state index contributed by atoms with van der Waals surface area (Å²) in [4.78, 5) is 26.2. The van der Waals surface area contributed by atoms with Crippen molar-refractivity contribution in [2.45, 2.75) is 25.1 Å². The van der Waals surface area contributed by atoms with E-state index in [2.05, 4.69) is 27.7 Å². The summed E-state index contributed by atoms with van der Waals surface area (Å²) in [6.07, 6.45) is -3.92. The number of piperidine rings is 1. The van der Waals surface area contributed by atoms with Crippen LogP contribution in [0.25, 0.3) is 0 Å². The van der Waals surface area contributed by atoms with Crippen LogP contribution in [-0.2, 0) is 13.2 Å². The molecule has 3 rings (SSSR count). The number of hydrogen-bond donors (Lipinski definition) is 0. The quantitative estimate of drug-likeness (QED) is 0.622. The molecule has 0 N–H and O–H groups in total. The molecule has 26 heavy (non-hydrogen) atoms. The van der Waals surface area contributed by atoms with E-state index in [1.165, 1.54) is 0 Å². The van der Waals surface area contributed by atoms with E-state index in [0.717, 1.165) is 15.3 Å². The Morgan fingerprint density at radius 1 is 1.19 bits per heavy atom. The summed E-state index contributed by atoms with van der Waals surface area (Å²) >= 11 is 2.15. The molecular formula is C16H16F3IN4O2. The zero-order chi connectivity index (χ0) is 19.1. The standard InChI is InChI=1S/C16H16F3IN4O2/c1-22-14(16(17,18)19)21-24(15(22)26)12-6-8-23(9-7-12)13(25)10-2-4-11(20)5-3-10/h2-5,12H,6-9H2,1H3. The molecule has 1 fully saturated rings. The molecule has 0 bridgehead atoms. The molecule has 0 spiro atoms. The van der Waals surface area contributed by atoms with E-state index in [4.69, 9.17) is 0 Å². The molecule has 1 aliphatic rings. The van der Waals surface area contributed by atoms with Crippen molar-refractivity contribution in [1.82, 2.24) is 19.2 Å². The number of amides is 1. The lowest BCUT2D eigenvalue weighted by molar-refractivity contribution is -0.147. The second kappa shape index (κ2) is 7.05. The Bertz CT molecular complexity index is 865. The van der Waals surface area contributed by atoms with Gasteiger partial charge < -0.3 is 4.90 Å². The lowest BCUT2D eigenvalue weighted by atomic mass is 10.0. The SMILES string of the molecule is Cn1c(C(F)(F)F)nn(C2CCN(C(=O)c3ccc(I)cc3)CC2)c1=O. The molecule has 10 heteroatoms. The number of benzene rings is 1. The predicted octanol–water partition coefficient (Wildman–Crippen LogP) is 2.68. The normalized spacial score (nSPS) is 16.1. The second-order valence-electron chi connectivity index (χ2n) is 6.14. The van der Waals surface area contributed by atoms with Crippen LogP contribution < -0.4 is 5.69 Å². The maximum atomic E-state index is 12.9. The highest BCUT2D eigenvalue weighted by atomic mass is 127. The minimum Gasteiger partial charge on any atom is -0.338 e. The molecule has 140 valence electrons. The van der Waals surface area contributed by atoms with Crippen LogP contribution in [0.15, 0.2) is 29.1 Å². The van der Waals surface area contributed by atoms with Crippen LogP contribution >= 0.6 is 22.6 Å². The fourth-order valence-corrected chi connectivity index (χ4v) is 3.39. The van der Waals surface area contributed by atoms with Crippen molar-refractivity contribution in [3.8, 4) is 0 Å². The first-order valence-electron chi connectivity index (χ1n) is 7.96. The zero-order valence-electron chi connectivity index (χ0n) is 13.8. The van der Waals surface area contributed by atoms with Gasteiger partial charge >= 0.3 is 11.9 Å². The number of nitrogens with zero attached hydrogens (tertiary/aromatic N) is 4. The fraction of sp³-hybridized carbons (Fsp3) is 0.438. The number of halogens is 4. The first-order valence-corrected chi connectivity index (χ1v) is 9.04. The molecule has 2 aromatic rings. The van der Waals surface area contributed by atoms with Crippen molar-refractivity contribution in [2.24, 2.45) is 7.05 Å². The highest BCUT2D eigenvalue weighted by Crippen LogP contribution is 2.28. The van der Waals surface area contributed by atoms with Crippen molar-refractivity contribution in [1.29, 1.82) is 0 Å². The van der Waals surface area contributed by atoms with Gasteiger partial charge in [-0.3, -0.25) is 9.36 Å². The van der Waals surface area contributed by atoms with Gasteiger partial charge in [0, 0.05) is 29.3 Å². The van der Waals surface area contributed by atoms with E-state index in [1.54, 1.807) is 17.0 Å². The third-order valence-corrected chi connectivity index (χ3v) is 5.16. The number of likely N-dealkylation sites (tertiary alicyclic amines) is 1. The summed E-state index contributed by atoms with van der Waals surface area (Å²) in [5, 5.41) is 3.48. The largest absolute Gasteiger partial charge is 0.451 e. The Kier molecular flexibility index (Phi) is 5.13. The van der Waals surface area contributed by atoms with E-state index >= 15 is 0 Å². The number of carbonyl (C=O) groups excluding carboxylic acids is 1. The Labute approximate surface area is 160 Å². The van der Waals surface area contributed by atoms with Crippen LogP contribution in [0.4, 0.5) is 13.2 Å². The summed E-state index contributed by atoms with van der Waals surface area (Å²) in [5.41, 5.74) is -0.224. The summed E-state index contributed by atoms with van der Waals surface area (Å²) in [7, 11) is 1.06. The van der Waals surface area contributed by atoms with Crippen molar-refractivity contribution >= 4 is 28.5 Å². The molecule has 1 aromatic carbocycles. The van der Waals surface area contributed by atoms with E-state index in [9.17, 15) is 22.8 Å². The van der Waals surface area contributed by atoms with Gasteiger partial charge in [0.05, 0.1) is 6.04 Å². The van der Waals surface area contributed by atoms with Crippen molar-refractivity contribution in [3.63, 3.8) is 0 Å². The minimum absolute atomic E-state index is 0.121. The fourth-order valence-electron chi connectivity index (χ4n) is 3.03. The molecule has 0 atom stereocenters. The molecule has 0 radical (unpaired) electrons. The lowest BCUT2D eigenvalue weighted by Crippen LogP contribution is -2.41. The van der Waals surface area contributed by atoms with Crippen LogP contribution in [0.3, 0.4) is 0 Å². The molecule has 0 saturated carbocycles. The van der Waals surface area contributed by atoms with Crippen LogP contribution in [-0.4, -0.2) is 38.2 Å². The van der Waals surface area contributed by atoms with Gasteiger partial charge in [0.1, 0.15) is 0 Å². The molecule has 2 heterocycles. The molecule has 1 aromatic heterocycles. The van der Waals surface area contributed by atoms with Gasteiger partial charge in [-0.25, -0.2) is 9.48 Å². The third-order valence-electron chi connectivity index (χ3n) is 4.45. The maximum Gasteiger partial charge on any atom is 0.451 e. The number of hydrogen-bond acceptors (Lipinski definition) is 3. The zero-order valence-corrected chi connectivity index (χ0v) is 16.0. The second-order valence-corrected chi connectivity index (χ2v) is 7.38. The van der Waals surface area contributed by atoms with Crippen LogP contribution in [0.5, 0.6) is 0 Å². The number of alkyl halides is 3. The van der Waals surface area contributed by atoms with E-state index in [0.29, 0.717) is 36.1 Å². The molecule has 1 amide bonds. The summed E-state index contributed by atoms with van der Waals surface area (Å²) in [5.74, 6) is -1.33. The molecule has 0 aliphatic carbocycles. The maximum absolute atomic E-state index is 12.9. The average Bonchev–Trinajstić information content (AvgIpc) is 2.91. The molecule has 6 nitrogen and oxygen atoms in total. The van der Waals surface area contributed by atoms with Crippen LogP contribution in [0, 0.1) is 3.57 Å². The predicted molar refractivity (Wildman–Crippen MR) is 95.8 cm³/mol. The van der Waals surface area contributed by atoms with Gasteiger partial charge in [-0.05, 0) is 59.7 Å². The van der Waals surface area contributed by atoms with Gasteiger partial charge in [0.25, 0.3) is 5.91 Å². The van der Waals surface area contributed by atoms with Gasteiger partial charge in [0.2, 0.25) is 5.82 Å². The molecular weight excluding hydrogens is 464 g/mol. The summed E-state index contributed by atoms with van der Waals surface area (Å²) < 4.78 is 41.1. The monoisotopic (exact) mass is 480 g/mol. The van der Waals surface area contributed by atoms with E-state index < -0.39 is 23.7 Å². The van der Waals surface area contributed by atoms with Crippen LogP contribution in [0.2, 0.25) is 0 Å². The first-order chi connectivity index (χ1) is 12.2. The van der Waals surface area contributed by atoms with E-state index in [1.807, 2.05) is 12.1 Å². The van der Waals surface area contributed by atoms with E-state index in [-0.39, 0.29) is 5.91 Å². The highest BCUT2D eigenvalue weighted by molar-refractivity contribution is 14.1. The number of carbonyl (C=O) groups is 1. The Balaban J connectivity index is 1.72. The number of rotatable bonds is 2. The summed E-state index contributed by atoms with van der Waals surface area (Å²) in [6, 6.07) is 6.72. The Hall–Kier alpha value is -1.85. The minimum atomic E-state index is -4.68. The highest BCUT2D eigenvalue weighted by Gasteiger charge is 2.39. The lowest BCUT2D eigenvalue weighted by Gasteiger charge is -2.31. The Morgan fingerprint density at radius 2 is 1.77 bits per heavy atom. The average molecular weight is 480 g/mol. The van der Waals surface area contributed by atoms with Gasteiger partial charge in [0.15, 0.2) is 0 Å². The van der Waals surface area contributed by atoms with Gasteiger partial charge in [-0.2, -0.15) is 13.2 Å². The number of aromatic nitrogens is 3. The molecule has 0 unspecified atom stereocenters. The Morgan fingerprint density at radius 3 is 2.27 bits per heavy atom. The van der Waals surface area contributed by atoms with Gasteiger partial charge in [-0.15, -0.1) is 5.10 Å². The molecule has 1 saturated heterocycles. The first kappa shape index (κ1) is 18.9. The summed E-state index contributed by atoms with van der Waals surface area (Å²) in [6.45, 7) is 0.722.